The molecule has 0 radical (unpaired) electrons. The van der Waals surface area contributed by atoms with Crippen LogP contribution in [0.3, 0.4) is 0 Å². The zero-order valence-electron chi connectivity index (χ0n) is 10.3. The first-order chi connectivity index (χ1) is 8.38. The Kier molecular flexibility index (Phi) is 5.87. The maximum Gasteiger partial charge on any atom is 0.411 e. The van der Waals surface area contributed by atoms with Gasteiger partial charge in [0.15, 0.2) is 0 Å². The predicted molar refractivity (Wildman–Crippen MR) is 60.1 cm³/mol. The molecule has 0 aliphatic carbocycles. The third-order valence-corrected chi connectivity index (χ3v) is 2.93. The minimum Gasteiger partial charge on any atom is -0.362 e. The molecule has 1 saturated heterocycles. The van der Waals surface area contributed by atoms with Gasteiger partial charge >= 0.3 is 6.18 Å². The van der Waals surface area contributed by atoms with Crippen LogP contribution < -0.4 is 10.6 Å². The quantitative estimate of drug-likeness (QED) is 0.784. The van der Waals surface area contributed by atoms with Crippen LogP contribution in [0.2, 0.25) is 0 Å². The van der Waals surface area contributed by atoms with Crippen molar-refractivity contribution >= 4 is 5.91 Å². The third-order valence-electron chi connectivity index (χ3n) is 2.93. The molecular formula is C11H19F3N2O2. The predicted octanol–water partition coefficient (Wildman–Crippen LogP) is 1.07. The Morgan fingerprint density at radius 1 is 1.56 bits per heavy atom. The number of carbonyl (C=O) groups excluding carboxylic acids is 1. The molecule has 2 N–H and O–H groups in total. The monoisotopic (exact) mass is 268 g/mol. The highest BCUT2D eigenvalue weighted by Gasteiger charge is 2.28. The van der Waals surface area contributed by atoms with Crippen molar-refractivity contribution in [3.8, 4) is 0 Å². The minimum absolute atomic E-state index is 0.0558. The van der Waals surface area contributed by atoms with E-state index >= 15 is 0 Å². The van der Waals surface area contributed by atoms with Gasteiger partial charge in [0.2, 0.25) is 5.91 Å². The van der Waals surface area contributed by atoms with E-state index < -0.39 is 25.3 Å². The topological polar surface area (TPSA) is 50.4 Å². The second-order valence-electron chi connectivity index (χ2n) is 4.57. The lowest BCUT2D eigenvalue weighted by Gasteiger charge is -2.28. The fourth-order valence-corrected chi connectivity index (χ4v) is 1.98. The van der Waals surface area contributed by atoms with Crippen molar-refractivity contribution < 1.29 is 22.7 Å². The minimum atomic E-state index is -4.39. The van der Waals surface area contributed by atoms with Crippen molar-refractivity contribution in [1.82, 2.24) is 10.6 Å². The molecule has 1 rings (SSSR count). The summed E-state index contributed by atoms with van der Waals surface area (Å²) >= 11 is 0. The van der Waals surface area contributed by atoms with Gasteiger partial charge in [-0.1, -0.05) is 0 Å². The van der Waals surface area contributed by atoms with Gasteiger partial charge in [0.25, 0.3) is 0 Å². The Morgan fingerprint density at radius 2 is 2.28 bits per heavy atom. The molecule has 1 amide bonds. The average molecular weight is 268 g/mol. The number of hydrogen-bond acceptors (Lipinski definition) is 3. The molecule has 0 saturated carbocycles. The molecule has 0 aromatic heterocycles. The van der Waals surface area contributed by atoms with E-state index in [0.29, 0.717) is 5.92 Å². The summed E-state index contributed by atoms with van der Waals surface area (Å²) in [5.74, 6) is -0.178. The van der Waals surface area contributed by atoms with Gasteiger partial charge in [0.1, 0.15) is 13.2 Å². The fraction of sp³-hybridized carbons (Fsp3) is 0.909. The number of nitrogens with one attached hydrogen (secondary N) is 2. The molecule has 1 fully saturated rings. The van der Waals surface area contributed by atoms with Gasteiger partial charge in [-0.05, 0) is 38.8 Å². The van der Waals surface area contributed by atoms with Crippen LogP contribution in [0.5, 0.6) is 0 Å². The van der Waals surface area contributed by atoms with Crippen molar-refractivity contribution in [1.29, 1.82) is 0 Å². The number of halogens is 3. The number of carbonyl (C=O) groups is 1. The maximum absolute atomic E-state index is 11.8. The van der Waals surface area contributed by atoms with Gasteiger partial charge in [-0.2, -0.15) is 13.2 Å². The van der Waals surface area contributed by atoms with E-state index in [1.165, 1.54) is 0 Å². The first-order valence-electron chi connectivity index (χ1n) is 6.03. The summed E-state index contributed by atoms with van der Waals surface area (Å²) in [5.41, 5.74) is 0. The van der Waals surface area contributed by atoms with Crippen LogP contribution in [0.4, 0.5) is 13.2 Å². The van der Waals surface area contributed by atoms with Gasteiger partial charge in [-0.25, -0.2) is 0 Å². The first kappa shape index (κ1) is 15.2. The van der Waals surface area contributed by atoms with Crippen molar-refractivity contribution in [2.24, 2.45) is 5.92 Å². The molecule has 2 unspecified atom stereocenters. The van der Waals surface area contributed by atoms with Crippen LogP contribution in [-0.4, -0.2) is 44.4 Å². The van der Waals surface area contributed by atoms with E-state index in [2.05, 4.69) is 15.4 Å². The standard InChI is InChI=1S/C11H19F3N2O2/c1-8(9-3-2-4-15-5-9)16-10(17)6-18-7-11(12,13)14/h8-9,15H,2-7H2,1H3,(H,16,17). The highest BCUT2D eigenvalue weighted by atomic mass is 19.4. The number of rotatable bonds is 5. The van der Waals surface area contributed by atoms with Crippen LogP contribution >= 0.6 is 0 Å². The van der Waals surface area contributed by atoms with E-state index in [4.69, 9.17) is 0 Å². The van der Waals surface area contributed by atoms with Crippen LogP contribution in [0.1, 0.15) is 19.8 Å². The number of hydrogen-bond donors (Lipinski definition) is 2. The summed E-state index contributed by atoms with van der Waals surface area (Å²) in [6, 6.07) is -0.0558. The second kappa shape index (κ2) is 6.94. The first-order valence-corrected chi connectivity index (χ1v) is 6.03. The van der Waals surface area contributed by atoms with E-state index in [9.17, 15) is 18.0 Å². The van der Waals surface area contributed by atoms with E-state index in [0.717, 1.165) is 25.9 Å². The summed E-state index contributed by atoms with van der Waals surface area (Å²) in [6.07, 6.45) is -2.33. The van der Waals surface area contributed by atoms with Gasteiger partial charge in [-0.3, -0.25) is 4.79 Å². The zero-order valence-corrected chi connectivity index (χ0v) is 10.3. The Bertz CT molecular complexity index is 266. The van der Waals surface area contributed by atoms with Crippen molar-refractivity contribution in [3.05, 3.63) is 0 Å². The largest absolute Gasteiger partial charge is 0.411 e. The smallest absolute Gasteiger partial charge is 0.362 e. The summed E-state index contributed by atoms with van der Waals surface area (Å²) in [7, 11) is 0. The lowest BCUT2D eigenvalue weighted by atomic mass is 9.93. The Balaban J connectivity index is 2.18. The van der Waals surface area contributed by atoms with E-state index in [1.807, 2.05) is 6.92 Å². The Hall–Kier alpha value is -0.820. The summed E-state index contributed by atoms with van der Waals surface area (Å²) in [6.45, 7) is 1.72. The fourth-order valence-electron chi connectivity index (χ4n) is 1.98. The third kappa shape index (κ3) is 6.20. The molecule has 1 heterocycles. The number of piperidine rings is 1. The van der Waals surface area contributed by atoms with Crippen LogP contribution in [-0.2, 0) is 9.53 Å². The zero-order chi connectivity index (χ0) is 13.6. The Labute approximate surface area is 104 Å². The van der Waals surface area contributed by atoms with Gasteiger partial charge < -0.3 is 15.4 Å². The molecular weight excluding hydrogens is 249 g/mol. The summed E-state index contributed by atoms with van der Waals surface area (Å²) in [5, 5.41) is 5.89. The molecule has 106 valence electrons. The highest BCUT2D eigenvalue weighted by Crippen LogP contribution is 2.15. The molecule has 18 heavy (non-hydrogen) atoms. The van der Waals surface area contributed by atoms with Crippen molar-refractivity contribution in [3.63, 3.8) is 0 Å². The SMILES string of the molecule is CC(NC(=O)COCC(F)(F)F)C1CCCNC1. The van der Waals surface area contributed by atoms with Crippen LogP contribution in [0.15, 0.2) is 0 Å². The molecule has 4 nitrogen and oxygen atoms in total. The number of alkyl halides is 3. The molecule has 0 spiro atoms. The molecule has 0 bridgehead atoms. The van der Waals surface area contributed by atoms with E-state index in [-0.39, 0.29) is 6.04 Å². The summed E-state index contributed by atoms with van der Waals surface area (Å²) in [4.78, 5) is 11.4. The maximum atomic E-state index is 11.8. The number of amides is 1. The van der Waals surface area contributed by atoms with Crippen molar-refractivity contribution in [2.45, 2.75) is 32.0 Å². The lowest BCUT2D eigenvalue weighted by Crippen LogP contribution is -2.45. The molecule has 1 aliphatic rings. The average Bonchev–Trinajstić information content (AvgIpc) is 2.28. The van der Waals surface area contributed by atoms with Gasteiger partial charge in [0, 0.05) is 6.04 Å². The Morgan fingerprint density at radius 3 is 2.83 bits per heavy atom. The van der Waals surface area contributed by atoms with Crippen LogP contribution in [0, 0.1) is 5.92 Å². The molecule has 2 atom stereocenters. The molecule has 7 heteroatoms. The highest BCUT2D eigenvalue weighted by molar-refractivity contribution is 5.77. The summed E-state index contributed by atoms with van der Waals surface area (Å²) < 4.78 is 39.7. The second-order valence-corrected chi connectivity index (χ2v) is 4.57. The van der Waals surface area contributed by atoms with Gasteiger partial charge in [0.05, 0.1) is 0 Å². The van der Waals surface area contributed by atoms with Crippen molar-refractivity contribution in [2.75, 3.05) is 26.3 Å². The number of ether oxygens (including phenoxy) is 1. The molecule has 1 aliphatic heterocycles. The molecule has 0 aromatic rings. The normalized spacial score (nSPS) is 22.6. The van der Waals surface area contributed by atoms with E-state index in [1.54, 1.807) is 0 Å². The lowest BCUT2D eigenvalue weighted by molar-refractivity contribution is -0.175. The van der Waals surface area contributed by atoms with Crippen LogP contribution in [0.25, 0.3) is 0 Å². The van der Waals surface area contributed by atoms with Gasteiger partial charge in [-0.15, -0.1) is 0 Å². The molecule has 0 aromatic carbocycles.